The van der Waals surface area contributed by atoms with Crippen LogP contribution in [0.1, 0.15) is 9.75 Å². The van der Waals surface area contributed by atoms with E-state index in [1.54, 1.807) is 11.3 Å². The van der Waals surface area contributed by atoms with E-state index >= 15 is 0 Å². The maximum atomic E-state index is 5.66. The van der Waals surface area contributed by atoms with Crippen molar-refractivity contribution >= 4 is 40.2 Å². The van der Waals surface area contributed by atoms with Gasteiger partial charge in [-0.2, -0.15) is 0 Å². The summed E-state index contributed by atoms with van der Waals surface area (Å²) in [6, 6.07) is 4.35. The fraction of sp³-hybridized carbons (Fsp3) is 0.462. The van der Waals surface area contributed by atoms with Gasteiger partial charge in [-0.15, -0.1) is 35.1 Å². The zero-order valence-corrected chi connectivity index (χ0v) is 13.6. The van der Waals surface area contributed by atoms with Gasteiger partial charge in [0.05, 0.1) is 0 Å². The van der Waals surface area contributed by atoms with Gasteiger partial charge in [0.25, 0.3) is 0 Å². The second kappa shape index (κ2) is 7.38. The first-order valence-electron chi connectivity index (χ1n) is 6.47. The van der Waals surface area contributed by atoms with Crippen molar-refractivity contribution in [3.05, 3.63) is 33.5 Å². The molecule has 7 heteroatoms. The molecule has 0 aromatic carbocycles. The molecule has 0 bridgehead atoms. The summed E-state index contributed by atoms with van der Waals surface area (Å²) in [7, 11) is 0. The lowest BCUT2D eigenvalue weighted by molar-refractivity contribution is 0.123. The molecule has 0 aliphatic carbocycles. The van der Waals surface area contributed by atoms with Gasteiger partial charge in [-0.05, 0) is 11.4 Å². The molecule has 3 heterocycles. The number of aromatic nitrogens is 1. The summed E-state index contributed by atoms with van der Waals surface area (Å²) >= 11 is 3.45. The Hall–Kier alpha value is -0.660. The summed E-state index contributed by atoms with van der Waals surface area (Å²) in [6.07, 6.45) is 1.90. The third kappa shape index (κ3) is 4.17. The quantitative estimate of drug-likeness (QED) is 0.935. The zero-order chi connectivity index (χ0) is 13.1. The van der Waals surface area contributed by atoms with Crippen LogP contribution in [0, 0.1) is 0 Å². The highest BCUT2D eigenvalue weighted by atomic mass is 35.5. The number of piperazine rings is 1. The summed E-state index contributed by atoms with van der Waals surface area (Å²) in [5.41, 5.74) is 5.66. The lowest BCUT2D eigenvalue weighted by Crippen LogP contribution is -2.45. The fourth-order valence-electron chi connectivity index (χ4n) is 2.34. The first-order chi connectivity index (χ1) is 9.29. The van der Waals surface area contributed by atoms with Gasteiger partial charge in [-0.1, -0.05) is 6.07 Å². The predicted octanol–water partition coefficient (Wildman–Crippen LogP) is 2.53. The molecule has 0 unspecified atom stereocenters. The largest absolute Gasteiger partial charge is 0.375 e. The summed E-state index contributed by atoms with van der Waals surface area (Å²) in [4.78, 5) is 11.9. The maximum Gasteiger partial charge on any atom is 0.180 e. The molecule has 1 aliphatic rings. The number of anilines is 1. The molecule has 0 saturated carbocycles. The monoisotopic (exact) mass is 330 g/mol. The Morgan fingerprint density at radius 1 is 1.10 bits per heavy atom. The van der Waals surface area contributed by atoms with E-state index in [4.69, 9.17) is 5.73 Å². The summed E-state index contributed by atoms with van der Waals surface area (Å²) in [5, 5.41) is 2.83. The molecule has 2 aromatic heterocycles. The highest BCUT2D eigenvalue weighted by Crippen LogP contribution is 2.18. The molecule has 20 heavy (non-hydrogen) atoms. The SMILES string of the molecule is Cl.Nc1ncc(CN2CCN(Cc3cccs3)CC2)s1. The Balaban J connectivity index is 0.00000147. The van der Waals surface area contributed by atoms with Crippen molar-refractivity contribution in [2.24, 2.45) is 0 Å². The number of nitrogen functional groups attached to an aromatic ring is 1. The van der Waals surface area contributed by atoms with E-state index in [1.165, 1.54) is 9.75 Å². The van der Waals surface area contributed by atoms with Crippen LogP contribution in [0.15, 0.2) is 23.7 Å². The highest BCUT2D eigenvalue weighted by molar-refractivity contribution is 7.15. The Bertz CT molecular complexity index is 506. The number of rotatable bonds is 4. The number of nitrogens with two attached hydrogens (primary N) is 1. The minimum absolute atomic E-state index is 0. The normalized spacial score (nSPS) is 17.0. The van der Waals surface area contributed by atoms with Crippen LogP contribution in [0.3, 0.4) is 0 Å². The van der Waals surface area contributed by atoms with Gasteiger partial charge >= 0.3 is 0 Å². The minimum atomic E-state index is 0. The predicted molar refractivity (Wildman–Crippen MR) is 88.6 cm³/mol. The van der Waals surface area contributed by atoms with E-state index in [2.05, 4.69) is 32.3 Å². The van der Waals surface area contributed by atoms with E-state index in [1.807, 2.05) is 17.5 Å². The maximum absolute atomic E-state index is 5.66. The Morgan fingerprint density at radius 3 is 2.25 bits per heavy atom. The molecule has 0 atom stereocenters. The fourth-order valence-corrected chi connectivity index (χ4v) is 3.82. The average molecular weight is 331 g/mol. The number of thiophene rings is 1. The van der Waals surface area contributed by atoms with Crippen LogP contribution >= 0.6 is 35.1 Å². The van der Waals surface area contributed by atoms with Gasteiger partial charge in [0.1, 0.15) is 0 Å². The Morgan fingerprint density at radius 2 is 1.75 bits per heavy atom. The minimum Gasteiger partial charge on any atom is -0.375 e. The third-order valence-corrected chi connectivity index (χ3v) is 5.05. The van der Waals surface area contributed by atoms with Crippen molar-refractivity contribution in [1.82, 2.24) is 14.8 Å². The molecule has 1 saturated heterocycles. The molecule has 3 rings (SSSR count). The Kier molecular flexibility index (Phi) is 5.80. The van der Waals surface area contributed by atoms with Crippen molar-refractivity contribution in [3.63, 3.8) is 0 Å². The lowest BCUT2D eigenvalue weighted by Gasteiger charge is -2.34. The van der Waals surface area contributed by atoms with Crippen LogP contribution in [-0.2, 0) is 13.1 Å². The van der Waals surface area contributed by atoms with Crippen molar-refractivity contribution in [1.29, 1.82) is 0 Å². The topological polar surface area (TPSA) is 45.4 Å². The van der Waals surface area contributed by atoms with Crippen LogP contribution in [0.4, 0.5) is 5.13 Å². The van der Waals surface area contributed by atoms with Gasteiger partial charge in [0.2, 0.25) is 0 Å². The van der Waals surface area contributed by atoms with Crippen LogP contribution < -0.4 is 5.73 Å². The van der Waals surface area contributed by atoms with Crippen LogP contribution in [-0.4, -0.2) is 41.0 Å². The molecule has 0 spiro atoms. The molecule has 2 aromatic rings. The summed E-state index contributed by atoms with van der Waals surface area (Å²) in [6.45, 7) is 6.63. The van der Waals surface area contributed by atoms with Gasteiger partial charge < -0.3 is 5.73 Å². The first kappa shape index (κ1) is 15.7. The van der Waals surface area contributed by atoms with E-state index in [0.29, 0.717) is 5.13 Å². The third-order valence-electron chi connectivity index (χ3n) is 3.38. The van der Waals surface area contributed by atoms with Crippen LogP contribution in [0.25, 0.3) is 0 Å². The van der Waals surface area contributed by atoms with Crippen LogP contribution in [0.2, 0.25) is 0 Å². The highest BCUT2D eigenvalue weighted by Gasteiger charge is 2.17. The number of thiazole rings is 1. The van der Waals surface area contributed by atoms with E-state index in [0.717, 1.165) is 39.3 Å². The molecule has 0 amide bonds. The number of halogens is 1. The standard InChI is InChI=1S/C13H18N4S2.ClH/c14-13-15-8-12(19-13)10-17-5-3-16(4-6-17)9-11-2-1-7-18-11;/h1-2,7-8H,3-6,9-10H2,(H2,14,15);1H. The van der Waals surface area contributed by atoms with Crippen molar-refractivity contribution < 1.29 is 0 Å². The molecule has 0 radical (unpaired) electrons. The summed E-state index contributed by atoms with van der Waals surface area (Å²) in [5.74, 6) is 0. The number of hydrogen-bond acceptors (Lipinski definition) is 6. The molecule has 4 nitrogen and oxygen atoms in total. The number of hydrogen-bond donors (Lipinski definition) is 1. The van der Waals surface area contributed by atoms with E-state index in [9.17, 15) is 0 Å². The van der Waals surface area contributed by atoms with Gasteiger partial charge in [0.15, 0.2) is 5.13 Å². The second-order valence-electron chi connectivity index (χ2n) is 4.80. The van der Waals surface area contributed by atoms with E-state index < -0.39 is 0 Å². The number of nitrogens with zero attached hydrogens (tertiary/aromatic N) is 3. The second-order valence-corrected chi connectivity index (χ2v) is 6.98. The molecule has 110 valence electrons. The Labute approximate surface area is 133 Å². The lowest BCUT2D eigenvalue weighted by atomic mass is 10.3. The van der Waals surface area contributed by atoms with Crippen LogP contribution in [0.5, 0.6) is 0 Å². The van der Waals surface area contributed by atoms with E-state index in [-0.39, 0.29) is 12.4 Å². The molecular formula is C13H19ClN4S2. The zero-order valence-electron chi connectivity index (χ0n) is 11.2. The van der Waals surface area contributed by atoms with Crippen molar-refractivity contribution in [2.45, 2.75) is 13.1 Å². The average Bonchev–Trinajstić information content (AvgIpc) is 3.04. The van der Waals surface area contributed by atoms with Crippen molar-refractivity contribution in [2.75, 3.05) is 31.9 Å². The van der Waals surface area contributed by atoms with Gasteiger partial charge in [-0.3, -0.25) is 9.80 Å². The molecule has 1 fully saturated rings. The van der Waals surface area contributed by atoms with Gasteiger partial charge in [0, 0.05) is 55.2 Å². The van der Waals surface area contributed by atoms with Gasteiger partial charge in [-0.25, -0.2) is 4.98 Å². The summed E-state index contributed by atoms with van der Waals surface area (Å²) < 4.78 is 0. The van der Waals surface area contributed by atoms with Crippen molar-refractivity contribution in [3.8, 4) is 0 Å². The molecule has 1 aliphatic heterocycles. The smallest absolute Gasteiger partial charge is 0.180 e. The molecular weight excluding hydrogens is 312 g/mol. The molecule has 2 N–H and O–H groups in total. The first-order valence-corrected chi connectivity index (χ1v) is 8.16.